The Bertz CT molecular complexity index is 811. The Hall–Kier alpha value is -2.79. The molecule has 114 valence electrons. The van der Waals surface area contributed by atoms with Crippen LogP contribution in [0, 0.1) is 0 Å². The molecule has 4 rings (SSSR count). The van der Waals surface area contributed by atoms with Crippen LogP contribution >= 0.6 is 0 Å². The van der Waals surface area contributed by atoms with Crippen molar-refractivity contribution in [3.8, 4) is 0 Å². The third kappa shape index (κ3) is 1.62. The van der Waals surface area contributed by atoms with Crippen molar-refractivity contribution in [3.63, 3.8) is 0 Å². The van der Waals surface area contributed by atoms with E-state index in [1.807, 2.05) is 13.0 Å². The van der Waals surface area contributed by atoms with Crippen molar-refractivity contribution >= 4 is 17.9 Å². The zero-order chi connectivity index (χ0) is 16.2. The van der Waals surface area contributed by atoms with Crippen LogP contribution < -0.4 is 0 Å². The highest BCUT2D eigenvalue weighted by molar-refractivity contribution is 6.35. The minimum atomic E-state index is -1.87. The molecule has 5 nitrogen and oxygen atoms in total. The molecule has 0 N–H and O–H groups in total. The monoisotopic (exact) mass is 307 g/mol. The van der Waals surface area contributed by atoms with Crippen LogP contribution in [0.1, 0.15) is 27.6 Å². The number of ether oxygens (including phenoxy) is 1. The average Bonchev–Trinajstić information content (AvgIpc) is 2.78. The number of ketones is 2. The average molecular weight is 307 g/mol. The quantitative estimate of drug-likeness (QED) is 0.587. The molecule has 0 saturated heterocycles. The third-order valence-corrected chi connectivity index (χ3v) is 4.46. The first-order chi connectivity index (χ1) is 11.1. The summed E-state index contributed by atoms with van der Waals surface area (Å²) in [6, 6.07) is 6.56. The fourth-order valence-electron chi connectivity index (χ4n) is 3.27. The van der Waals surface area contributed by atoms with E-state index in [-0.39, 0.29) is 5.57 Å². The van der Waals surface area contributed by atoms with Crippen LogP contribution in [0.5, 0.6) is 0 Å². The molecule has 1 spiro atoms. The predicted octanol–water partition coefficient (Wildman–Crippen LogP) is 2.02. The highest BCUT2D eigenvalue weighted by Gasteiger charge is 2.60. The molecule has 0 aromatic heterocycles. The molecule has 23 heavy (non-hydrogen) atoms. The van der Waals surface area contributed by atoms with Crippen molar-refractivity contribution in [2.75, 3.05) is 0 Å². The van der Waals surface area contributed by atoms with Crippen molar-refractivity contribution in [3.05, 3.63) is 71.1 Å². The van der Waals surface area contributed by atoms with Gasteiger partial charge in [0.05, 0.1) is 5.57 Å². The van der Waals surface area contributed by atoms with Crippen LogP contribution in [-0.2, 0) is 9.53 Å². The molecule has 3 aliphatic rings. The standard InChI is InChI=1S/C18H13NO4/c1-11-5-4-8-15-19(11)9-12(10-20)18(23-15)16(21)13-6-2-3-7-14(13)17(18)22/h2-10,15H,1H3. The molecule has 1 aromatic carbocycles. The summed E-state index contributed by atoms with van der Waals surface area (Å²) >= 11 is 0. The number of hydrogen-bond donors (Lipinski definition) is 0. The predicted molar refractivity (Wildman–Crippen MR) is 81.6 cm³/mol. The van der Waals surface area contributed by atoms with Crippen molar-refractivity contribution in [2.45, 2.75) is 18.8 Å². The maximum atomic E-state index is 12.9. The normalized spacial score (nSPS) is 24.2. The van der Waals surface area contributed by atoms with E-state index in [2.05, 4.69) is 0 Å². The summed E-state index contributed by atoms with van der Waals surface area (Å²) in [5, 5.41) is 0. The molecule has 0 bridgehead atoms. The van der Waals surface area contributed by atoms with Crippen LogP contribution in [-0.4, -0.2) is 34.6 Å². The van der Waals surface area contributed by atoms with Gasteiger partial charge in [-0.25, -0.2) is 0 Å². The zero-order valence-corrected chi connectivity index (χ0v) is 12.4. The van der Waals surface area contributed by atoms with Gasteiger partial charge in [0.15, 0.2) is 12.5 Å². The number of benzene rings is 1. The van der Waals surface area contributed by atoms with Gasteiger partial charge in [-0.05, 0) is 19.1 Å². The van der Waals surface area contributed by atoms with E-state index in [9.17, 15) is 14.4 Å². The fourth-order valence-corrected chi connectivity index (χ4v) is 3.27. The molecule has 1 aromatic rings. The van der Waals surface area contributed by atoms with Crippen molar-refractivity contribution in [1.82, 2.24) is 4.90 Å². The Balaban J connectivity index is 1.92. The molecule has 5 heteroatoms. The molecule has 0 radical (unpaired) electrons. The summed E-state index contributed by atoms with van der Waals surface area (Å²) in [5.74, 6) is -0.951. The molecular formula is C18H13NO4. The maximum Gasteiger partial charge on any atom is 0.225 e. The van der Waals surface area contributed by atoms with Crippen LogP contribution in [0.2, 0.25) is 0 Å². The Kier molecular flexibility index (Phi) is 2.77. The van der Waals surface area contributed by atoms with Gasteiger partial charge >= 0.3 is 0 Å². The van der Waals surface area contributed by atoms with Gasteiger partial charge in [-0.1, -0.05) is 30.3 Å². The number of Topliss-reactive ketones (excluding diaryl/α,β-unsaturated/α-hetero) is 2. The first-order valence-corrected chi connectivity index (χ1v) is 7.27. The van der Waals surface area contributed by atoms with Crippen LogP contribution in [0.15, 0.2) is 60.0 Å². The summed E-state index contributed by atoms with van der Waals surface area (Å²) in [6.45, 7) is 1.86. The molecule has 2 heterocycles. The maximum absolute atomic E-state index is 12.9. The number of allylic oxidation sites excluding steroid dienone is 3. The molecule has 1 aliphatic carbocycles. The second-order valence-corrected chi connectivity index (χ2v) is 5.70. The highest BCUT2D eigenvalue weighted by Crippen LogP contribution is 2.42. The van der Waals surface area contributed by atoms with Gasteiger partial charge in [-0.3, -0.25) is 14.4 Å². The first kappa shape index (κ1) is 13.8. The SMILES string of the molecule is CC1=CC=CC2OC3(C(=O)c4ccccc4C3=O)C(C=O)=CN12. The molecule has 0 saturated carbocycles. The summed E-state index contributed by atoms with van der Waals surface area (Å²) in [5.41, 5.74) is -0.379. The van der Waals surface area contributed by atoms with Crippen LogP contribution in [0.3, 0.4) is 0 Å². The summed E-state index contributed by atoms with van der Waals surface area (Å²) in [4.78, 5) is 39.2. The van der Waals surface area contributed by atoms with E-state index >= 15 is 0 Å². The van der Waals surface area contributed by atoms with Gasteiger partial charge in [0, 0.05) is 23.0 Å². The van der Waals surface area contributed by atoms with Crippen molar-refractivity contribution in [2.24, 2.45) is 0 Å². The van der Waals surface area contributed by atoms with Crippen LogP contribution in [0.25, 0.3) is 0 Å². The summed E-state index contributed by atoms with van der Waals surface area (Å²) in [7, 11) is 0. The summed E-state index contributed by atoms with van der Waals surface area (Å²) < 4.78 is 5.92. The van der Waals surface area contributed by atoms with E-state index in [0.717, 1.165) is 5.70 Å². The lowest BCUT2D eigenvalue weighted by Gasteiger charge is -2.42. The Morgan fingerprint density at radius 2 is 1.83 bits per heavy atom. The fraction of sp³-hybridized carbons (Fsp3) is 0.167. The molecule has 1 unspecified atom stereocenters. The number of carbonyl (C=O) groups is 3. The molecule has 1 atom stereocenters. The van der Waals surface area contributed by atoms with Gasteiger partial charge in [0.1, 0.15) is 0 Å². The second kappa shape index (κ2) is 4.60. The van der Waals surface area contributed by atoms with Gasteiger partial charge in [-0.2, -0.15) is 0 Å². The van der Waals surface area contributed by atoms with E-state index in [1.165, 1.54) is 6.20 Å². The Labute approximate surface area is 132 Å². The summed E-state index contributed by atoms with van der Waals surface area (Å²) in [6.07, 6.45) is 6.90. The number of carbonyl (C=O) groups excluding carboxylic acids is 3. The largest absolute Gasteiger partial charge is 0.326 e. The van der Waals surface area contributed by atoms with E-state index < -0.39 is 23.4 Å². The molecule has 2 aliphatic heterocycles. The number of nitrogens with zero attached hydrogens (tertiary/aromatic N) is 1. The zero-order valence-electron chi connectivity index (χ0n) is 12.4. The number of aldehydes is 1. The first-order valence-electron chi connectivity index (χ1n) is 7.27. The second-order valence-electron chi connectivity index (χ2n) is 5.70. The van der Waals surface area contributed by atoms with Crippen molar-refractivity contribution in [1.29, 1.82) is 0 Å². The van der Waals surface area contributed by atoms with Gasteiger partial charge < -0.3 is 9.64 Å². The lowest BCUT2D eigenvalue weighted by molar-refractivity contribution is -0.111. The van der Waals surface area contributed by atoms with E-state index in [4.69, 9.17) is 4.74 Å². The van der Waals surface area contributed by atoms with Gasteiger partial charge in [0.25, 0.3) is 0 Å². The lowest BCUT2D eigenvalue weighted by atomic mass is 9.87. The third-order valence-electron chi connectivity index (χ3n) is 4.46. The van der Waals surface area contributed by atoms with Gasteiger partial charge in [0.2, 0.25) is 17.2 Å². The minimum Gasteiger partial charge on any atom is -0.326 e. The van der Waals surface area contributed by atoms with E-state index in [1.54, 1.807) is 41.3 Å². The molecule has 0 amide bonds. The molecule has 0 fully saturated rings. The number of hydrogen-bond acceptors (Lipinski definition) is 5. The number of fused-ring (bicyclic) bond motifs is 2. The van der Waals surface area contributed by atoms with E-state index in [0.29, 0.717) is 17.4 Å². The topological polar surface area (TPSA) is 63.7 Å². The Morgan fingerprint density at radius 1 is 1.17 bits per heavy atom. The Morgan fingerprint density at radius 3 is 2.43 bits per heavy atom. The smallest absolute Gasteiger partial charge is 0.225 e. The lowest BCUT2D eigenvalue weighted by Crippen LogP contribution is -2.55. The highest BCUT2D eigenvalue weighted by atomic mass is 16.5. The van der Waals surface area contributed by atoms with Gasteiger partial charge in [-0.15, -0.1) is 0 Å². The number of rotatable bonds is 1. The van der Waals surface area contributed by atoms with Crippen molar-refractivity contribution < 1.29 is 19.1 Å². The van der Waals surface area contributed by atoms with Crippen LogP contribution in [0.4, 0.5) is 0 Å². The molecular weight excluding hydrogens is 294 g/mol. The minimum absolute atomic E-state index is 0.0306.